The van der Waals surface area contributed by atoms with Crippen molar-refractivity contribution in [3.05, 3.63) is 60.0 Å². The average Bonchev–Trinajstić information content (AvgIpc) is 3.64. The molecule has 5 saturated carbocycles. The second-order valence-electron chi connectivity index (χ2n) is 17.5. The molecule has 2 aromatic heterocycles. The Kier molecular flexibility index (Phi) is 9.58. The summed E-state index contributed by atoms with van der Waals surface area (Å²) >= 11 is 0. The summed E-state index contributed by atoms with van der Waals surface area (Å²) in [5, 5.41) is 4.23. The number of likely N-dealkylation sites (tertiary alicyclic amines) is 1. The van der Waals surface area contributed by atoms with E-state index in [-0.39, 0.29) is 47.4 Å². The quantitative estimate of drug-likeness (QED) is 0.213. The van der Waals surface area contributed by atoms with E-state index in [2.05, 4.69) is 49.0 Å². The molecule has 6 aliphatic rings. The zero-order valence-electron chi connectivity index (χ0n) is 32.3. The van der Waals surface area contributed by atoms with Crippen LogP contribution in [0.25, 0.3) is 11.1 Å². The zero-order valence-corrected chi connectivity index (χ0v) is 33.1. The molecular weight excluding hydrogens is 703 g/mol. The van der Waals surface area contributed by atoms with Gasteiger partial charge in [0.1, 0.15) is 17.7 Å². The topological polar surface area (TPSA) is 124 Å². The molecule has 3 aromatic rings. The van der Waals surface area contributed by atoms with E-state index in [0.29, 0.717) is 38.0 Å². The van der Waals surface area contributed by atoms with Gasteiger partial charge in [-0.05, 0) is 143 Å². The fourth-order valence-corrected chi connectivity index (χ4v) is 10.8. The van der Waals surface area contributed by atoms with Gasteiger partial charge in [-0.2, -0.15) is 5.10 Å². The number of aryl methyl sites for hydroxylation is 1. The molecule has 11 nitrogen and oxygen atoms in total. The van der Waals surface area contributed by atoms with E-state index in [1.165, 1.54) is 28.7 Å². The van der Waals surface area contributed by atoms with Crippen LogP contribution in [0, 0.1) is 18.3 Å². The van der Waals surface area contributed by atoms with E-state index >= 15 is 0 Å². The second-order valence-corrected chi connectivity index (χ2v) is 19.9. The van der Waals surface area contributed by atoms with Crippen LogP contribution < -0.4 is 9.64 Å². The van der Waals surface area contributed by atoms with Gasteiger partial charge < -0.3 is 14.4 Å². The number of rotatable bonds is 10. The monoisotopic (exact) mass is 757 g/mol. The van der Waals surface area contributed by atoms with Crippen molar-refractivity contribution in [2.75, 3.05) is 37.9 Å². The van der Waals surface area contributed by atoms with Gasteiger partial charge in [0.2, 0.25) is 5.91 Å². The smallest absolute Gasteiger partial charge is 0.410 e. The van der Waals surface area contributed by atoms with Crippen molar-refractivity contribution in [3.8, 4) is 16.9 Å². The summed E-state index contributed by atoms with van der Waals surface area (Å²) < 4.78 is 37.1. The maximum Gasteiger partial charge on any atom is 0.410 e. The number of aromatic nitrogens is 3. The first-order chi connectivity index (χ1) is 25.8. The lowest BCUT2D eigenvalue weighted by molar-refractivity contribution is -0.124. The van der Waals surface area contributed by atoms with Crippen LogP contribution >= 0.6 is 0 Å². The van der Waals surface area contributed by atoms with Crippen LogP contribution in [0.15, 0.2) is 48.9 Å². The Morgan fingerprint density at radius 3 is 2.26 bits per heavy atom. The SMILES string of the molecule is COc1ccc(C23CCC(CN(c4cc(-c5cnn(C6(C)CCC6)c5)ccn4)C(=O)[C@H]4CC[C@H](OC(=O)N5CC(S(C)(=O)=O)C5)CC4)(CC2)CC3)cc1C. The molecule has 1 aliphatic heterocycles. The van der Waals surface area contributed by atoms with E-state index in [1.54, 1.807) is 7.11 Å². The summed E-state index contributed by atoms with van der Waals surface area (Å²) in [6.07, 6.45) is 18.8. The van der Waals surface area contributed by atoms with Gasteiger partial charge in [0.05, 0.1) is 24.1 Å². The number of benzene rings is 1. The summed E-state index contributed by atoms with van der Waals surface area (Å²) in [5.74, 6) is 1.52. The molecule has 1 aromatic carbocycles. The molecule has 0 unspecified atom stereocenters. The molecule has 0 N–H and O–H groups in total. The van der Waals surface area contributed by atoms with E-state index in [1.807, 2.05) is 23.4 Å². The Balaban J connectivity index is 0.991. The summed E-state index contributed by atoms with van der Waals surface area (Å²) in [7, 11) is -1.45. The van der Waals surface area contributed by atoms with Gasteiger partial charge >= 0.3 is 6.09 Å². The first-order valence-corrected chi connectivity index (χ1v) is 21.9. The molecule has 5 aliphatic carbocycles. The minimum absolute atomic E-state index is 0.0219. The van der Waals surface area contributed by atoms with Gasteiger partial charge in [-0.15, -0.1) is 0 Å². The van der Waals surface area contributed by atoms with E-state index in [9.17, 15) is 18.0 Å². The number of carbonyl (C=O) groups excluding carboxylic acids is 2. The highest BCUT2D eigenvalue weighted by Gasteiger charge is 2.51. The van der Waals surface area contributed by atoms with Crippen molar-refractivity contribution in [1.29, 1.82) is 0 Å². The van der Waals surface area contributed by atoms with Crippen molar-refractivity contribution in [1.82, 2.24) is 19.7 Å². The molecule has 6 fully saturated rings. The highest BCUT2D eigenvalue weighted by Crippen LogP contribution is 2.58. The van der Waals surface area contributed by atoms with Crippen molar-refractivity contribution in [2.45, 2.75) is 120 Å². The number of pyridine rings is 1. The van der Waals surface area contributed by atoms with Gasteiger partial charge in [0.25, 0.3) is 0 Å². The maximum absolute atomic E-state index is 14.8. The van der Waals surface area contributed by atoms with E-state index in [0.717, 1.165) is 68.2 Å². The Morgan fingerprint density at radius 1 is 0.944 bits per heavy atom. The Hall–Kier alpha value is -3.93. The van der Waals surface area contributed by atoms with Crippen LogP contribution in [-0.4, -0.2) is 84.4 Å². The molecule has 9 rings (SSSR count). The van der Waals surface area contributed by atoms with Gasteiger partial charge in [0, 0.05) is 49.8 Å². The molecular formula is C42H55N5O6S. The molecule has 54 heavy (non-hydrogen) atoms. The number of amides is 2. The third kappa shape index (κ3) is 6.92. The predicted octanol–water partition coefficient (Wildman–Crippen LogP) is 7.21. The number of methoxy groups -OCH3 is 1. The number of ether oxygens (including phenoxy) is 2. The number of nitrogens with zero attached hydrogens (tertiary/aromatic N) is 5. The van der Waals surface area contributed by atoms with E-state index < -0.39 is 21.2 Å². The van der Waals surface area contributed by atoms with Crippen molar-refractivity contribution in [2.24, 2.45) is 11.3 Å². The molecule has 0 atom stereocenters. The largest absolute Gasteiger partial charge is 0.496 e. The number of sulfone groups is 1. The summed E-state index contributed by atoms with van der Waals surface area (Å²) in [6.45, 7) is 5.38. The molecule has 290 valence electrons. The summed E-state index contributed by atoms with van der Waals surface area (Å²) in [6, 6.07) is 10.8. The summed E-state index contributed by atoms with van der Waals surface area (Å²) in [5.41, 5.74) is 4.87. The van der Waals surface area contributed by atoms with Crippen LogP contribution in [-0.2, 0) is 30.3 Å². The van der Waals surface area contributed by atoms with Crippen molar-refractivity contribution < 1.29 is 27.5 Å². The number of hydrogen-bond acceptors (Lipinski definition) is 8. The average molecular weight is 758 g/mol. The van der Waals surface area contributed by atoms with Crippen molar-refractivity contribution in [3.63, 3.8) is 0 Å². The maximum atomic E-state index is 14.8. The molecule has 12 heteroatoms. The van der Waals surface area contributed by atoms with Gasteiger partial charge in [-0.25, -0.2) is 18.2 Å². The van der Waals surface area contributed by atoms with Crippen molar-refractivity contribution >= 4 is 27.7 Å². The first-order valence-electron chi connectivity index (χ1n) is 19.9. The van der Waals surface area contributed by atoms with Crippen LogP contribution in [0.3, 0.4) is 0 Å². The molecule has 3 heterocycles. The standard InChI is InChI=1S/C42H55N5O6S/c1-29-22-33(8-11-36(29)52-3)42-18-15-41(16-19-42,17-20-42)28-46(37-23-31(12-21-43-37)32-24-44-47(25-32)40(2)13-5-14-40)38(48)30-6-9-34(10-7-30)53-39(49)45-26-35(27-45)54(4,50)51/h8,11-12,21-25,30,34-35H,5-7,9-10,13-20,26-28H2,1-4H3/t30-,34-,41?,42?. The van der Waals surface area contributed by atoms with Gasteiger partial charge in [0.15, 0.2) is 9.84 Å². The Bertz CT molecular complexity index is 1990. The lowest BCUT2D eigenvalue weighted by Gasteiger charge is -2.55. The number of fused-ring (bicyclic) bond motifs is 3. The fourth-order valence-electron chi connectivity index (χ4n) is 9.90. The number of carbonyl (C=O) groups is 2. The third-order valence-corrected chi connectivity index (χ3v) is 15.6. The highest BCUT2D eigenvalue weighted by atomic mass is 32.2. The highest BCUT2D eigenvalue weighted by molar-refractivity contribution is 7.91. The molecule has 0 radical (unpaired) electrons. The lowest BCUT2D eigenvalue weighted by Crippen LogP contribution is -2.57. The fraction of sp³-hybridized carbons (Fsp3) is 0.619. The van der Waals surface area contributed by atoms with Gasteiger partial charge in [-0.3, -0.25) is 14.4 Å². The summed E-state index contributed by atoms with van der Waals surface area (Å²) in [4.78, 5) is 35.8. The van der Waals surface area contributed by atoms with Gasteiger partial charge in [-0.1, -0.05) is 12.1 Å². The molecule has 2 bridgehead atoms. The Morgan fingerprint density at radius 2 is 1.65 bits per heavy atom. The Labute approximate surface area is 319 Å². The molecule has 0 spiro atoms. The molecule has 1 saturated heterocycles. The number of hydrogen-bond donors (Lipinski definition) is 0. The lowest BCUT2D eigenvalue weighted by atomic mass is 9.51. The zero-order chi connectivity index (χ0) is 37.9. The van der Waals surface area contributed by atoms with Crippen LogP contribution in [0.5, 0.6) is 5.75 Å². The first kappa shape index (κ1) is 37.0. The predicted molar refractivity (Wildman–Crippen MR) is 207 cm³/mol. The van der Waals surface area contributed by atoms with E-state index in [4.69, 9.17) is 19.6 Å². The van der Waals surface area contributed by atoms with Crippen LogP contribution in [0.2, 0.25) is 0 Å². The van der Waals surface area contributed by atoms with Crippen LogP contribution in [0.4, 0.5) is 10.6 Å². The van der Waals surface area contributed by atoms with Crippen LogP contribution in [0.1, 0.15) is 102 Å². The molecule has 2 amide bonds. The third-order valence-electron chi connectivity index (χ3n) is 14.1. The minimum Gasteiger partial charge on any atom is -0.496 e. The second kappa shape index (κ2) is 14.0. The normalized spacial score (nSPS) is 27.8. The number of anilines is 1. The minimum atomic E-state index is -3.18.